The maximum absolute atomic E-state index is 11.4. The SMILES string of the molecule is COC1CN(CC2CCC(C(=O)NN)O2)CC1OC. The van der Waals surface area contributed by atoms with E-state index >= 15 is 0 Å². The molecule has 2 rings (SSSR count). The van der Waals surface area contributed by atoms with Crippen molar-refractivity contribution in [2.75, 3.05) is 33.9 Å². The van der Waals surface area contributed by atoms with Gasteiger partial charge in [-0.15, -0.1) is 0 Å². The highest BCUT2D eigenvalue weighted by molar-refractivity contribution is 5.80. The molecule has 19 heavy (non-hydrogen) atoms. The van der Waals surface area contributed by atoms with Crippen molar-refractivity contribution in [3.8, 4) is 0 Å². The molecule has 0 aromatic carbocycles. The Morgan fingerprint density at radius 2 is 1.95 bits per heavy atom. The topological polar surface area (TPSA) is 86.1 Å². The average Bonchev–Trinajstić information content (AvgIpc) is 3.04. The predicted molar refractivity (Wildman–Crippen MR) is 68.3 cm³/mol. The third-order valence-corrected chi connectivity index (χ3v) is 3.90. The average molecular weight is 273 g/mol. The molecule has 0 aliphatic carbocycles. The lowest BCUT2D eigenvalue weighted by molar-refractivity contribution is -0.132. The van der Waals surface area contributed by atoms with Crippen molar-refractivity contribution in [2.45, 2.75) is 37.3 Å². The molecule has 2 heterocycles. The summed E-state index contributed by atoms with van der Waals surface area (Å²) in [7, 11) is 3.40. The molecular weight excluding hydrogens is 250 g/mol. The van der Waals surface area contributed by atoms with E-state index in [0.29, 0.717) is 0 Å². The number of ether oxygens (including phenoxy) is 3. The Morgan fingerprint density at radius 3 is 2.47 bits per heavy atom. The van der Waals surface area contributed by atoms with E-state index in [0.717, 1.165) is 32.5 Å². The summed E-state index contributed by atoms with van der Waals surface area (Å²) in [6.45, 7) is 2.47. The minimum atomic E-state index is -0.408. The molecule has 7 heteroatoms. The van der Waals surface area contributed by atoms with Crippen molar-refractivity contribution in [1.29, 1.82) is 0 Å². The van der Waals surface area contributed by atoms with Gasteiger partial charge in [-0.2, -0.15) is 0 Å². The summed E-state index contributed by atoms with van der Waals surface area (Å²) >= 11 is 0. The highest BCUT2D eigenvalue weighted by atomic mass is 16.5. The summed E-state index contributed by atoms with van der Waals surface area (Å²) in [5.41, 5.74) is 2.14. The van der Waals surface area contributed by atoms with Crippen molar-refractivity contribution < 1.29 is 19.0 Å². The maximum atomic E-state index is 11.4. The van der Waals surface area contributed by atoms with E-state index in [1.807, 2.05) is 0 Å². The van der Waals surface area contributed by atoms with E-state index in [-0.39, 0.29) is 24.2 Å². The van der Waals surface area contributed by atoms with Crippen LogP contribution in [0, 0.1) is 0 Å². The second-order valence-electron chi connectivity index (χ2n) is 5.10. The fraction of sp³-hybridized carbons (Fsp3) is 0.917. The van der Waals surface area contributed by atoms with E-state index in [9.17, 15) is 4.79 Å². The van der Waals surface area contributed by atoms with Crippen LogP contribution < -0.4 is 11.3 Å². The monoisotopic (exact) mass is 273 g/mol. The molecule has 0 radical (unpaired) electrons. The maximum Gasteiger partial charge on any atom is 0.263 e. The van der Waals surface area contributed by atoms with Gasteiger partial charge >= 0.3 is 0 Å². The quantitative estimate of drug-likeness (QED) is 0.374. The molecular formula is C12H23N3O4. The van der Waals surface area contributed by atoms with Gasteiger partial charge in [0.15, 0.2) is 0 Å². The van der Waals surface area contributed by atoms with Crippen molar-refractivity contribution >= 4 is 5.91 Å². The number of hydrogen-bond donors (Lipinski definition) is 2. The minimum Gasteiger partial charge on any atom is -0.377 e. The van der Waals surface area contributed by atoms with Gasteiger partial charge in [-0.05, 0) is 12.8 Å². The van der Waals surface area contributed by atoms with Gasteiger partial charge in [-0.3, -0.25) is 15.1 Å². The Balaban J connectivity index is 1.79. The van der Waals surface area contributed by atoms with E-state index < -0.39 is 6.10 Å². The number of hydrazine groups is 1. The van der Waals surface area contributed by atoms with Crippen LogP contribution in [0.1, 0.15) is 12.8 Å². The Hall–Kier alpha value is -0.730. The summed E-state index contributed by atoms with van der Waals surface area (Å²) in [6, 6.07) is 0. The largest absolute Gasteiger partial charge is 0.377 e. The molecule has 2 aliphatic rings. The standard InChI is InChI=1S/C12H23N3O4/c1-17-10-6-15(7-11(10)18-2)5-8-3-4-9(19-8)12(16)14-13/h8-11H,3-7,13H2,1-2H3,(H,14,16). The molecule has 110 valence electrons. The molecule has 2 fully saturated rings. The van der Waals surface area contributed by atoms with E-state index in [1.165, 1.54) is 0 Å². The van der Waals surface area contributed by atoms with Crippen LogP contribution in [0.3, 0.4) is 0 Å². The summed E-state index contributed by atoms with van der Waals surface area (Å²) in [6.07, 6.45) is 1.49. The van der Waals surface area contributed by atoms with Gasteiger partial charge in [0.2, 0.25) is 0 Å². The first kappa shape index (κ1) is 14.7. The molecule has 0 aromatic heterocycles. The van der Waals surface area contributed by atoms with Gasteiger partial charge in [0, 0.05) is 33.9 Å². The number of amides is 1. The van der Waals surface area contributed by atoms with Gasteiger partial charge in [0.25, 0.3) is 5.91 Å². The van der Waals surface area contributed by atoms with E-state index in [1.54, 1.807) is 14.2 Å². The number of carbonyl (C=O) groups is 1. The lowest BCUT2D eigenvalue weighted by Gasteiger charge is -2.20. The van der Waals surface area contributed by atoms with Crippen LogP contribution in [0.2, 0.25) is 0 Å². The predicted octanol–water partition coefficient (Wildman–Crippen LogP) is -1.13. The first-order valence-corrected chi connectivity index (χ1v) is 6.61. The minimum absolute atomic E-state index is 0.0791. The van der Waals surface area contributed by atoms with Gasteiger partial charge in [0.1, 0.15) is 6.10 Å². The third kappa shape index (κ3) is 3.43. The van der Waals surface area contributed by atoms with Crippen molar-refractivity contribution in [1.82, 2.24) is 10.3 Å². The zero-order valence-electron chi connectivity index (χ0n) is 11.5. The third-order valence-electron chi connectivity index (χ3n) is 3.90. The smallest absolute Gasteiger partial charge is 0.263 e. The lowest BCUT2D eigenvalue weighted by atomic mass is 10.2. The van der Waals surface area contributed by atoms with Crippen LogP contribution in [0.25, 0.3) is 0 Å². The molecule has 0 bridgehead atoms. The first-order chi connectivity index (χ1) is 9.17. The molecule has 4 atom stereocenters. The van der Waals surface area contributed by atoms with Crippen molar-refractivity contribution in [2.24, 2.45) is 5.84 Å². The van der Waals surface area contributed by atoms with Crippen LogP contribution in [-0.2, 0) is 19.0 Å². The van der Waals surface area contributed by atoms with Gasteiger partial charge in [-0.25, -0.2) is 5.84 Å². The van der Waals surface area contributed by atoms with Gasteiger partial charge in [0.05, 0.1) is 18.3 Å². The lowest BCUT2D eigenvalue weighted by Crippen LogP contribution is -2.40. The second-order valence-corrected chi connectivity index (χ2v) is 5.10. The molecule has 2 aliphatic heterocycles. The Labute approximate surface area is 113 Å². The van der Waals surface area contributed by atoms with Crippen LogP contribution in [0.4, 0.5) is 0 Å². The van der Waals surface area contributed by atoms with Crippen LogP contribution >= 0.6 is 0 Å². The summed E-state index contributed by atoms with van der Waals surface area (Å²) < 4.78 is 16.5. The number of rotatable bonds is 5. The van der Waals surface area contributed by atoms with Crippen LogP contribution in [0.5, 0.6) is 0 Å². The van der Waals surface area contributed by atoms with Crippen molar-refractivity contribution in [3.63, 3.8) is 0 Å². The van der Waals surface area contributed by atoms with Crippen LogP contribution in [-0.4, -0.2) is 69.1 Å². The number of nitrogens with one attached hydrogen (secondary N) is 1. The zero-order chi connectivity index (χ0) is 13.8. The number of likely N-dealkylation sites (tertiary alicyclic amines) is 1. The molecule has 0 saturated carbocycles. The summed E-state index contributed by atoms with van der Waals surface area (Å²) in [4.78, 5) is 13.6. The molecule has 2 saturated heterocycles. The highest BCUT2D eigenvalue weighted by Gasteiger charge is 2.37. The molecule has 3 N–H and O–H groups in total. The molecule has 7 nitrogen and oxygen atoms in total. The first-order valence-electron chi connectivity index (χ1n) is 6.61. The zero-order valence-corrected chi connectivity index (χ0v) is 11.5. The fourth-order valence-electron chi connectivity index (χ4n) is 2.83. The van der Waals surface area contributed by atoms with E-state index in [2.05, 4.69) is 10.3 Å². The van der Waals surface area contributed by atoms with Gasteiger partial charge in [-0.1, -0.05) is 0 Å². The Bertz CT molecular complexity index is 303. The second kappa shape index (κ2) is 6.62. The number of hydrogen-bond acceptors (Lipinski definition) is 6. The van der Waals surface area contributed by atoms with E-state index in [4.69, 9.17) is 20.1 Å². The highest BCUT2D eigenvalue weighted by Crippen LogP contribution is 2.23. The number of methoxy groups -OCH3 is 2. The molecule has 1 amide bonds. The summed E-state index contributed by atoms with van der Waals surface area (Å²) in [5, 5.41) is 0. The van der Waals surface area contributed by atoms with Crippen molar-refractivity contribution in [3.05, 3.63) is 0 Å². The Kier molecular flexibility index (Phi) is 5.12. The molecule has 0 aromatic rings. The summed E-state index contributed by atoms with van der Waals surface area (Å²) in [5.74, 6) is 4.87. The van der Waals surface area contributed by atoms with Crippen LogP contribution in [0.15, 0.2) is 0 Å². The Morgan fingerprint density at radius 1 is 1.32 bits per heavy atom. The number of carbonyl (C=O) groups excluding carboxylic acids is 1. The molecule has 4 unspecified atom stereocenters. The molecule has 0 spiro atoms. The normalized spacial score (nSPS) is 35.7. The number of nitrogens with zero attached hydrogens (tertiary/aromatic N) is 1. The number of nitrogens with two attached hydrogens (primary N) is 1. The van der Waals surface area contributed by atoms with Gasteiger partial charge < -0.3 is 14.2 Å². The fourth-order valence-corrected chi connectivity index (χ4v) is 2.83.